The van der Waals surface area contributed by atoms with E-state index in [0.717, 1.165) is 5.56 Å². The lowest BCUT2D eigenvalue weighted by atomic mass is 9.77. The molecule has 0 radical (unpaired) electrons. The monoisotopic (exact) mass is 334 g/mol. The molecular formula is C15H10O3S3. The van der Waals surface area contributed by atoms with Crippen molar-refractivity contribution in [2.75, 3.05) is 0 Å². The summed E-state index contributed by atoms with van der Waals surface area (Å²) < 4.78 is 5.57. The fourth-order valence-electron chi connectivity index (χ4n) is 2.81. The number of ketones is 1. The first-order valence-corrected chi connectivity index (χ1v) is 9.19. The number of carbonyl (C=O) groups excluding carboxylic acids is 2. The molecule has 3 atom stereocenters. The van der Waals surface area contributed by atoms with E-state index < -0.39 is 11.4 Å². The quantitative estimate of drug-likeness (QED) is 0.485. The van der Waals surface area contributed by atoms with E-state index in [0.29, 0.717) is 5.56 Å². The van der Waals surface area contributed by atoms with Crippen molar-refractivity contribution >= 4 is 46.2 Å². The number of fused-ring (bicyclic) bond motifs is 1. The van der Waals surface area contributed by atoms with Crippen LogP contribution in [0.3, 0.4) is 0 Å². The summed E-state index contributed by atoms with van der Waals surface area (Å²) in [4.78, 5) is 25.4. The Kier molecular flexibility index (Phi) is 3.06. The van der Waals surface area contributed by atoms with E-state index in [1.807, 2.05) is 27.6 Å². The molecule has 21 heavy (non-hydrogen) atoms. The lowest BCUT2D eigenvalue weighted by molar-refractivity contribution is -0.145. The van der Waals surface area contributed by atoms with Gasteiger partial charge in [0.15, 0.2) is 11.2 Å². The summed E-state index contributed by atoms with van der Waals surface area (Å²) in [6.07, 6.45) is 1.36. The number of ether oxygens (including phenoxy) is 1. The van der Waals surface area contributed by atoms with Crippen molar-refractivity contribution in [3.63, 3.8) is 0 Å². The molecule has 0 aromatic carbocycles. The molecule has 2 aromatic heterocycles. The Morgan fingerprint density at radius 1 is 1.19 bits per heavy atom. The number of carbonyl (C=O) groups is 2. The minimum Gasteiger partial charge on any atom is -0.455 e. The maximum absolute atomic E-state index is 12.9. The third-order valence-corrected chi connectivity index (χ3v) is 6.47. The van der Waals surface area contributed by atoms with Crippen molar-refractivity contribution in [2.45, 2.75) is 11.4 Å². The van der Waals surface area contributed by atoms with Crippen LogP contribution in [0.4, 0.5) is 0 Å². The third-order valence-electron chi connectivity index (χ3n) is 3.88. The van der Waals surface area contributed by atoms with Gasteiger partial charge in [0.25, 0.3) is 0 Å². The van der Waals surface area contributed by atoms with Gasteiger partial charge in [0.05, 0.1) is 5.25 Å². The summed E-state index contributed by atoms with van der Waals surface area (Å²) in [5, 5.41) is 9.21. The van der Waals surface area contributed by atoms with Crippen molar-refractivity contribution < 1.29 is 14.3 Å². The molecule has 0 unspecified atom stereocenters. The van der Waals surface area contributed by atoms with Crippen LogP contribution in [0.1, 0.15) is 22.0 Å². The Morgan fingerprint density at radius 2 is 2.00 bits per heavy atom. The second-order valence-electron chi connectivity index (χ2n) is 4.95. The summed E-state index contributed by atoms with van der Waals surface area (Å²) >= 11 is 4.53. The highest BCUT2D eigenvalue weighted by atomic mass is 32.2. The van der Waals surface area contributed by atoms with Crippen molar-refractivity contribution in [1.82, 2.24) is 0 Å². The maximum Gasteiger partial charge on any atom is 0.325 e. The van der Waals surface area contributed by atoms with Crippen LogP contribution in [0.15, 0.2) is 45.1 Å². The molecule has 6 heteroatoms. The second kappa shape index (κ2) is 4.83. The van der Waals surface area contributed by atoms with Crippen LogP contribution < -0.4 is 0 Å². The van der Waals surface area contributed by atoms with E-state index in [1.54, 1.807) is 28.9 Å². The molecule has 0 N–H and O–H groups in total. The van der Waals surface area contributed by atoms with Gasteiger partial charge in [-0.2, -0.15) is 22.7 Å². The first-order valence-electron chi connectivity index (χ1n) is 6.37. The van der Waals surface area contributed by atoms with Gasteiger partial charge in [0, 0.05) is 16.5 Å². The standard InChI is InChI=1S/C15H10O3S3/c16-12(10-2-5-20-8-10)15-3-6-21-13(15)11(18-14(15)17)9-1-4-19-7-9/h1-8,11,13H/t11-,13+,15-/m0/s1. The SMILES string of the molecule is O=C1O[C@@H](c2ccsc2)[C@H]2SC=C[C@@]12C(=O)c1ccsc1. The number of esters is 1. The van der Waals surface area contributed by atoms with Crippen molar-refractivity contribution in [3.05, 3.63) is 56.3 Å². The summed E-state index contributed by atoms with van der Waals surface area (Å²) in [5.74, 6) is -0.584. The van der Waals surface area contributed by atoms with Gasteiger partial charge >= 0.3 is 5.97 Å². The Balaban J connectivity index is 1.78. The minimum atomic E-state index is -1.17. The zero-order valence-electron chi connectivity index (χ0n) is 10.7. The fraction of sp³-hybridized carbons (Fsp3) is 0.200. The Labute approximate surface area is 133 Å². The highest BCUT2D eigenvalue weighted by Crippen LogP contribution is 2.55. The number of hydrogen-bond acceptors (Lipinski definition) is 6. The van der Waals surface area contributed by atoms with Crippen LogP contribution in [-0.2, 0) is 9.53 Å². The first-order chi connectivity index (χ1) is 10.2. The van der Waals surface area contributed by atoms with Crippen LogP contribution >= 0.6 is 34.4 Å². The molecule has 0 saturated carbocycles. The molecule has 1 fully saturated rings. The third kappa shape index (κ3) is 1.79. The minimum absolute atomic E-state index is 0.155. The Morgan fingerprint density at radius 3 is 2.71 bits per heavy atom. The van der Waals surface area contributed by atoms with Gasteiger partial charge in [-0.15, -0.1) is 11.8 Å². The average Bonchev–Trinajstić information content (AvgIpc) is 3.26. The Bertz CT molecular complexity index is 717. The summed E-state index contributed by atoms with van der Waals surface area (Å²) in [6, 6.07) is 3.72. The molecule has 2 aliphatic heterocycles. The second-order valence-corrected chi connectivity index (χ2v) is 7.56. The summed E-state index contributed by atoms with van der Waals surface area (Å²) in [6.45, 7) is 0. The average molecular weight is 334 g/mol. The molecule has 1 saturated heterocycles. The predicted octanol–water partition coefficient (Wildman–Crippen LogP) is 3.91. The normalized spacial score (nSPS) is 30.4. The molecular weight excluding hydrogens is 324 g/mol. The maximum atomic E-state index is 12.9. The van der Waals surface area contributed by atoms with Crippen molar-refractivity contribution in [1.29, 1.82) is 0 Å². The van der Waals surface area contributed by atoms with Gasteiger partial charge in [0.1, 0.15) is 6.10 Å². The molecule has 3 nitrogen and oxygen atoms in total. The molecule has 0 bridgehead atoms. The van der Waals surface area contributed by atoms with E-state index in [1.165, 1.54) is 23.1 Å². The molecule has 4 rings (SSSR count). The zero-order chi connectivity index (χ0) is 14.4. The van der Waals surface area contributed by atoms with E-state index >= 15 is 0 Å². The number of Topliss-reactive ketones (excluding diaryl/α,β-unsaturated/α-hetero) is 1. The highest BCUT2D eigenvalue weighted by Gasteiger charge is 2.63. The molecule has 0 aliphatic carbocycles. The molecule has 4 heterocycles. The lowest BCUT2D eigenvalue weighted by Crippen LogP contribution is -2.39. The lowest BCUT2D eigenvalue weighted by Gasteiger charge is -2.22. The number of rotatable bonds is 3. The molecule has 2 aromatic rings. The van der Waals surface area contributed by atoms with E-state index in [4.69, 9.17) is 4.74 Å². The van der Waals surface area contributed by atoms with Gasteiger partial charge in [-0.05, 0) is 33.7 Å². The van der Waals surface area contributed by atoms with Gasteiger partial charge in [-0.3, -0.25) is 9.59 Å². The molecule has 0 amide bonds. The fourth-order valence-corrected chi connectivity index (χ4v) is 5.45. The number of thiophene rings is 2. The van der Waals surface area contributed by atoms with E-state index in [9.17, 15) is 9.59 Å². The predicted molar refractivity (Wildman–Crippen MR) is 84.8 cm³/mol. The highest BCUT2D eigenvalue weighted by molar-refractivity contribution is 8.03. The van der Waals surface area contributed by atoms with Crippen LogP contribution in [0, 0.1) is 5.41 Å². The van der Waals surface area contributed by atoms with Gasteiger partial charge in [-0.1, -0.05) is 6.08 Å². The van der Waals surface area contributed by atoms with E-state index in [-0.39, 0.29) is 17.1 Å². The smallest absolute Gasteiger partial charge is 0.325 e. The largest absolute Gasteiger partial charge is 0.455 e. The van der Waals surface area contributed by atoms with Crippen LogP contribution in [0.5, 0.6) is 0 Å². The number of hydrogen-bond donors (Lipinski definition) is 0. The summed E-state index contributed by atoms with van der Waals surface area (Å²) in [5.41, 5.74) is 0.382. The first kappa shape index (κ1) is 13.3. The van der Waals surface area contributed by atoms with Gasteiger partial charge in [-0.25, -0.2) is 0 Å². The van der Waals surface area contributed by atoms with Crippen LogP contribution in [0.25, 0.3) is 0 Å². The van der Waals surface area contributed by atoms with Crippen molar-refractivity contribution in [3.8, 4) is 0 Å². The van der Waals surface area contributed by atoms with Gasteiger partial charge < -0.3 is 4.74 Å². The molecule has 2 aliphatic rings. The molecule has 0 spiro atoms. The summed E-state index contributed by atoms with van der Waals surface area (Å²) in [7, 11) is 0. The number of thioether (sulfide) groups is 1. The van der Waals surface area contributed by atoms with Crippen LogP contribution in [0.2, 0.25) is 0 Å². The topological polar surface area (TPSA) is 43.4 Å². The Hall–Kier alpha value is -1.37. The van der Waals surface area contributed by atoms with Gasteiger partial charge in [0.2, 0.25) is 0 Å². The van der Waals surface area contributed by atoms with Crippen molar-refractivity contribution in [2.24, 2.45) is 5.41 Å². The van der Waals surface area contributed by atoms with E-state index in [2.05, 4.69) is 0 Å². The molecule has 106 valence electrons. The van der Waals surface area contributed by atoms with Crippen LogP contribution in [-0.4, -0.2) is 17.0 Å². The zero-order valence-corrected chi connectivity index (χ0v) is 13.2. The number of cyclic esters (lactones) is 1.